The molecule has 0 fully saturated rings. The highest BCUT2D eigenvalue weighted by atomic mass is 32.1. The average Bonchev–Trinajstić information content (AvgIpc) is 2.59. The molecule has 0 aliphatic carbocycles. The van der Waals surface area contributed by atoms with Crippen LogP contribution >= 0.6 is 11.3 Å². The first-order valence-corrected chi connectivity index (χ1v) is 5.00. The summed E-state index contributed by atoms with van der Waals surface area (Å²) < 4.78 is 1.06. The summed E-state index contributed by atoms with van der Waals surface area (Å²) in [6.07, 6.45) is 0. The van der Waals surface area contributed by atoms with Gasteiger partial charge in [0.2, 0.25) is 0 Å². The van der Waals surface area contributed by atoms with Gasteiger partial charge in [-0.2, -0.15) is 5.26 Å². The zero-order chi connectivity index (χ0) is 10.1. The van der Waals surface area contributed by atoms with E-state index in [4.69, 9.17) is 5.26 Å². The van der Waals surface area contributed by atoms with Crippen LogP contribution in [0.25, 0.3) is 10.2 Å². The fraction of sp³-hybridized carbons (Fsp3) is 0.200. The molecule has 1 aromatic carbocycles. The molecule has 0 unspecified atom stereocenters. The van der Waals surface area contributed by atoms with Gasteiger partial charge in [0.05, 0.1) is 21.8 Å². The van der Waals surface area contributed by atoms with Crippen LogP contribution in [-0.2, 0) is 0 Å². The summed E-state index contributed by atoms with van der Waals surface area (Å²) in [6, 6.07) is 7.68. The van der Waals surface area contributed by atoms with Crippen molar-refractivity contribution in [2.75, 3.05) is 19.0 Å². The summed E-state index contributed by atoms with van der Waals surface area (Å²) in [5.41, 5.74) is 1.64. The molecule has 0 atom stereocenters. The van der Waals surface area contributed by atoms with E-state index in [-0.39, 0.29) is 0 Å². The maximum Gasteiger partial charge on any atom is 0.185 e. The molecule has 2 rings (SSSR count). The van der Waals surface area contributed by atoms with Gasteiger partial charge in [0.1, 0.15) is 0 Å². The predicted molar refractivity (Wildman–Crippen MR) is 58.7 cm³/mol. The molecule has 0 aliphatic rings. The van der Waals surface area contributed by atoms with Gasteiger partial charge >= 0.3 is 0 Å². The first-order valence-electron chi connectivity index (χ1n) is 4.19. The standard InChI is InChI=1S/C10H9N3S/c1-13(2)10-12-8-4-3-7(6-11)5-9(8)14-10/h3-5H,1-2H3. The van der Waals surface area contributed by atoms with Crippen molar-refractivity contribution in [1.29, 1.82) is 5.26 Å². The van der Waals surface area contributed by atoms with Crippen LogP contribution in [0.4, 0.5) is 5.13 Å². The van der Waals surface area contributed by atoms with Gasteiger partial charge in [-0.05, 0) is 18.2 Å². The van der Waals surface area contributed by atoms with Crippen LogP contribution < -0.4 is 4.90 Å². The van der Waals surface area contributed by atoms with Gasteiger partial charge in [0.15, 0.2) is 5.13 Å². The Morgan fingerprint density at radius 1 is 1.43 bits per heavy atom. The first-order chi connectivity index (χ1) is 6.70. The quantitative estimate of drug-likeness (QED) is 0.713. The molecular weight excluding hydrogens is 194 g/mol. The molecule has 70 valence electrons. The number of benzene rings is 1. The Labute approximate surface area is 86.2 Å². The Hall–Kier alpha value is -1.60. The van der Waals surface area contributed by atoms with Gasteiger partial charge in [-0.3, -0.25) is 0 Å². The Morgan fingerprint density at radius 2 is 2.21 bits per heavy atom. The minimum atomic E-state index is 0.687. The van der Waals surface area contributed by atoms with E-state index >= 15 is 0 Å². The maximum atomic E-state index is 8.74. The van der Waals surface area contributed by atoms with Crippen molar-refractivity contribution in [3.05, 3.63) is 23.8 Å². The van der Waals surface area contributed by atoms with Crippen molar-refractivity contribution >= 4 is 26.7 Å². The second-order valence-electron chi connectivity index (χ2n) is 3.19. The topological polar surface area (TPSA) is 39.9 Å². The fourth-order valence-corrected chi connectivity index (χ4v) is 2.10. The molecule has 0 bridgehead atoms. The first kappa shape index (κ1) is 8.97. The number of rotatable bonds is 1. The number of nitriles is 1. The van der Waals surface area contributed by atoms with E-state index in [1.807, 2.05) is 31.1 Å². The number of anilines is 1. The third-order valence-corrected chi connectivity index (χ3v) is 3.07. The van der Waals surface area contributed by atoms with Crippen LogP contribution in [0.1, 0.15) is 5.56 Å². The number of thiazole rings is 1. The minimum absolute atomic E-state index is 0.687. The minimum Gasteiger partial charge on any atom is -0.354 e. The molecule has 4 heteroatoms. The lowest BCUT2D eigenvalue weighted by atomic mass is 10.2. The monoisotopic (exact) mass is 203 g/mol. The summed E-state index contributed by atoms with van der Waals surface area (Å²) in [7, 11) is 3.92. The number of hydrogen-bond donors (Lipinski definition) is 0. The largest absolute Gasteiger partial charge is 0.354 e. The number of hydrogen-bond acceptors (Lipinski definition) is 4. The van der Waals surface area contributed by atoms with E-state index in [0.717, 1.165) is 15.3 Å². The number of aromatic nitrogens is 1. The zero-order valence-corrected chi connectivity index (χ0v) is 8.80. The Bertz CT molecular complexity index is 508. The summed E-state index contributed by atoms with van der Waals surface area (Å²) in [5, 5.41) is 9.70. The summed E-state index contributed by atoms with van der Waals surface area (Å²) >= 11 is 1.60. The van der Waals surface area contributed by atoms with Crippen LogP contribution in [0.5, 0.6) is 0 Å². The molecule has 0 radical (unpaired) electrons. The summed E-state index contributed by atoms with van der Waals surface area (Å²) in [5.74, 6) is 0. The average molecular weight is 203 g/mol. The molecule has 0 saturated carbocycles. The van der Waals surface area contributed by atoms with Gasteiger partial charge in [0, 0.05) is 14.1 Å². The van der Waals surface area contributed by atoms with E-state index < -0.39 is 0 Å². The van der Waals surface area contributed by atoms with Gasteiger partial charge in [-0.1, -0.05) is 11.3 Å². The predicted octanol–water partition coefficient (Wildman–Crippen LogP) is 2.23. The van der Waals surface area contributed by atoms with Crippen LogP contribution in [0, 0.1) is 11.3 Å². The smallest absolute Gasteiger partial charge is 0.185 e. The fourth-order valence-electron chi connectivity index (χ4n) is 1.17. The van der Waals surface area contributed by atoms with Gasteiger partial charge < -0.3 is 4.90 Å². The van der Waals surface area contributed by atoms with Crippen molar-refractivity contribution < 1.29 is 0 Å². The molecule has 14 heavy (non-hydrogen) atoms. The lowest BCUT2D eigenvalue weighted by Gasteiger charge is -2.04. The molecule has 0 aliphatic heterocycles. The lowest BCUT2D eigenvalue weighted by Crippen LogP contribution is -2.07. The maximum absolute atomic E-state index is 8.74. The SMILES string of the molecule is CN(C)c1nc2ccc(C#N)cc2s1. The molecule has 1 aromatic heterocycles. The Kier molecular flexibility index (Phi) is 2.10. The highest BCUT2D eigenvalue weighted by Crippen LogP contribution is 2.27. The molecule has 0 N–H and O–H groups in total. The van der Waals surface area contributed by atoms with Crippen molar-refractivity contribution in [3.8, 4) is 6.07 Å². The second kappa shape index (κ2) is 3.28. The third-order valence-electron chi connectivity index (χ3n) is 1.89. The lowest BCUT2D eigenvalue weighted by molar-refractivity contribution is 1.11. The van der Waals surface area contributed by atoms with E-state index in [2.05, 4.69) is 11.1 Å². The number of fused-ring (bicyclic) bond motifs is 1. The van der Waals surface area contributed by atoms with Crippen molar-refractivity contribution in [3.63, 3.8) is 0 Å². The van der Waals surface area contributed by atoms with Crippen LogP contribution in [0.3, 0.4) is 0 Å². The van der Waals surface area contributed by atoms with Crippen LogP contribution in [-0.4, -0.2) is 19.1 Å². The molecular formula is C10H9N3S. The zero-order valence-electron chi connectivity index (χ0n) is 7.98. The van der Waals surface area contributed by atoms with E-state index in [1.165, 1.54) is 0 Å². The van der Waals surface area contributed by atoms with E-state index in [0.29, 0.717) is 5.56 Å². The van der Waals surface area contributed by atoms with Gasteiger partial charge in [0.25, 0.3) is 0 Å². The highest BCUT2D eigenvalue weighted by Gasteiger charge is 2.05. The normalized spacial score (nSPS) is 10.1. The Morgan fingerprint density at radius 3 is 2.86 bits per heavy atom. The molecule has 0 spiro atoms. The molecule has 1 heterocycles. The van der Waals surface area contributed by atoms with Crippen LogP contribution in [0.15, 0.2) is 18.2 Å². The van der Waals surface area contributed by atoms with Crippen LogP contribution in [0.2, 0.25) is 0 Å². The van der Waals surface area contributed by atoms with E-state index in [9.17, 15) is 0 Å². The summed E-state index contributed by atoms with van der Waals surface area (Å²) in [4.78, 5) is 6.39. The third kappa shape index (κ3) is 1.42. The van der Waals surface area contributed by atoms with E-state index in [1.54, 1.807) is 17.4 Å². The molecule has 2 aromatic rings. The molecule has 0 amide bonds. The van der Waals surface area contributed by atoms with Gasteiger partial charge in [-0.15, -0.1) is 0 Å². The molecule has 0 saturated heterocycles. The van der Waals surface area contributed by atoms with Crippen molar-refractivity contribution in [2.24, 2.45) is 0 Å². The Balaban J connectivity index is 2.61. The molecule has 3 nitrogen and oxygen atoms in total. The summed E-state index contributed by atoms with van der Waals surface area (Å²) in [6.45, 7) is 0. The second-order valence-corrected chi connectivity index (χ2v) is 4.19. The van der Waals surface area contributed by atoms with Crippen molar-refractivity contribution in [2.45, 2.75) is 0 Å². The van der Waals surface area contributed by atoms with Gasteiger partial charge in [-0.25, -0.2) is 4.98 Å². The highest BCUT2D eigenvalue weighted by molar-refractivity contribution is 7.22. The number of nitrogens with zero attached hydrogens (tertiary/aromatic N) is 3. The van der Waals surface area contributed by atoms with Crippen molar-refractivity contribution in [1.82, 2.24) is 4.98 Å².